The minimum Gasteiger partial charge on any atom is -0.389 e. The second-order valence-corrected chi connectivity index (χ2v) is 5.68. The average molecular weight is 237 g/mol. The summed E-state index contributed by atoms with van der Waals surface area (Å²) in [4.78, 5) is 2.49. The van der Waals surface area contributed by atoms with Gasteiger partial charge in [-0.25, -0.2) is 0 Å². The van der Waals surface area contributed by atoms with Crippen molar-refractivity contribution in [3.8, 4) is 0 Å². The fourth-order valence-corrected chi connectivity index (χ4v) is 3.12. The van der Waals surface area contributed by atoms with E-state index in [0.717, 1.165) is 6.54 Å². The summed E-state index contributed by atoms with van der Waals surface area (Å²) in [6.45, 7) is 3.51. The summed E-state index contributed by atoms with van der Waals surface area (Å²) in [6.07, 6.45) is 14.5. The van der Waals surface area contributed by atoms with Crippen molar-refractivity contribution < 1.29 is 5.11 Å². The van der Waals surface area contributed by atoms with E-state index in [0.29, 0.717) is 5.92 Å². The lowest BCUT2D eigenvalue weighted by molar-refractivity contribution is 0.124. The van der Waals surface area contributed by atoms with Crippen LogP contribution in [0.1, 0.15) is 51.4 Å². The van der Waals surface area contributed by atoms with Crippen LogP contribution in [0.3, 0.4) is 0 Å². The third-order valence-electron chi connectivity index (χ3n) is 4.28. The van der Waals surface area contributed by atoms with Crippen molar-refractivity contribution in [3.63, 3.8) is 0 Å². The van der Waals surface area contributed by atoms with Crippen molar-refractivity contribution in [2.45, 2.75) is 57.5 Å². The first kappa shape index (κ1) is 13.1. The zero-order valence-electron chi connectivity index (χ0n) is 11.0. The topological polar surface area (TPSA) is 23.5 Å². The zero-order valence-corrected chi connectivity index (χ0v) is 11.0. The van der Waals surface area contributed by atoms with Crippen LogP contribution in [-0.2, 0) is 0 Å². The molecule has 1 N–H and O–H groups in total. The predicted octanol–water partition coefficient (Wildman–Crippen LogP) is 2.97. The molecule has 0 bridgehead atoms. The first-order valence-electron chi connectivity index (χ1n) is 7.43. The second kappa shape index (κ2) is 7.17. The largest absolute Gasteiger partial charge is 0.389 e. The van der Waals surface area contributed by atoms with Crippen LogP contribution in [0, 0.1) is 5.92 Å². The molecule has 0 aromatic rings. The summed E-state index contributed by atoms with van der Waals surface area (Å²) >= 11 is 0. The van der Waals surface area contributed by atoms with Crippen molar-refractivity contribution in [3.05, 3.63) is 12.2 Å². The molecule has 2 fully saturated rings. The Morgan fingerprint density at radius 3 is 2.35 bits per heavy atom. The molecule has 1 saturated heterocycles. The van der Waals surface area contributed by atoms with E-state index >= 15 is 0 Å². The van der Waals surface area contributed by atoms with Gasteiger partial charge in [-0.05, 0) is 44.7 Å². The van der Waals surface area contributed by atoms with Crippen LogP contribution in [-0.4, -0.2) is 35.7 Å². The summed E-state index contributed by atoms with van der Waals surface area (Å²) in [5.41, 5.74) is 0. The van der Waals surface area contributed by atoms with E-state index < -0.39 is 0 Å². The molecule has 2 nitrogen and oxygen atoms in total. The number of nitrogens with zero attached hydrogens (tertiary/aromatic N) is 1. The monoisotopic (exact) mass is 237 g/mol. The van der Waals surface area contributed by atoms with Gasteiger partial charge in [0.1, 0.15) is 0 Å². The van der Waals surface area contributed by atoms with Gasteiger partial charge in [0, 0.05) is 6.54 Å². The number of hydrogen-bond acceptors (Lipinski definition) is 2. The van der Waals surface area contributed by atoms with E-state index in [1.807, 2.05) is 6.08 Å². The van der Waals surface area contributed by atoms with Crippen LogP contribution < -0.4 is 0 Å². The molecule has 2 aliphatic rings. The van der Waals surface area contributed by atoms with Crippen molar-refractivity contribution in [2.75, 3.05) is 19.6 Å². The lowest BCUT2D eigenvalue weighted by Gasteiger charge is -2.26. The first-order chi connectivity index (χ1) is 8.36. The fourth-order valence-electron chi connectivity index (χ4n) is 3.12. The van der Waals surface area contributed by atoms with Gasteiger partial charge in [-0.2, -0.15) is 0 Å². The Morgan fingerprint density at radius 1 is 1.00 bits per heavy atom. The van der Waals surface area contributed by atoms with Gasteiger partial charge in [-0.15, -0.1) is 0 Å². The van der Waals surface area contributed by atoms with Gasteiger partial charge in [0.25, 0.3) is 0 Å². The van der Waals surface area contributed by atoms with Crippen LogP contribution in [0.25, 0.3) is 0 Å². The standard InChI is InChI=1S/C15H27NO/c17-15(14-8-3-1-4-9-14)10-7-13-16-11-5-2-6-12-16/h7,10,14-15,17H,1-6,8-9,11-13H2. The Bertz CT molecular complexity index is 227. The van der Waals surface area contributed by atoms with Crippen molar-refractivity contribution >= 4 is 0 Å². The number of hydrogen-bond donors (Lipinski definition) is 1. The molecular weight excluding hydrogens is 210 g/mol. The Balaban J connectivity index is 1.67. The van der Waals surface area contributed by atoms with Gasteiger partial charge < -0.3 is 5.11 Å². The highest BCUT2D eigenvalue weighted by Gasteiger charge is 2.19. The Labute approximate surface area is 106 Å². The molecule has 1 atom stereocenters. The van der Waals surface area contributed by atoms with E-state index in [1.165, 1.54) is 64.5 Å². The normalized spacial score (nSPS) is 26.4. The average Bonchev–Trinajstić information content (AvgIpc) is 2.41. The number of rotatable bonds is 4. The minimum absolute atomic E-state index is 0.194. The van der Waals surface area contributed by atoms with Crippen molar-refractivity contribution in [1.29, 1.82) is 0 Å². The van der Waals surface area contributed by atoms with Gasteiger partial charge in [-0.1, -0.05) is 37.8 Å². The fraction of sp³-hybridized carbons (Fsp3) is 0.867. The molecule has 1 heterocycles. The lowest BCUT2D eigenvalue weighted by Crippen LogP contribution is -2.30. The quantitative estimate of drug-likeness (QED) is 0.760. The van der Waals surface area contributed by atoms with E-state index in [-0.39, 0.29) is 6.10 Å². The molecule has 0 radical (unpaired) electrons. The Morgan fingerprint density at radius 2 is 1.65 bits per heavy atom. The summed E-state index contributed by atoms with van der Waals surface area (Å²) in [7, 11) is 0. The summed E-state index contributed by atoms with van der Waals surface area (Å²) in [5.74, 6) is 0.529. The minimum atomic E-state index is -0.194. The second-order valence-electron chi connectivity index (χ2n) is 5.68. The van der Waals surface area contributed by atoms with Crippen molar-refractivity contribution in [1.82, 2.24) is 4.90 Å². The summed E-state index contributed by atoms with van der Waals surface area (Å²) < 4.78 is 0. The maximum absolute atomic E-state index is 10.1. The predicted molar refractivity (Wildman–Crippen MR) is 72.0 cm³/mol. The number of aliphatic hydroxyl groups excluding tert-OH is 1. The van der Waals surface area contributed by atoms with E-state index in [4.69, 9.17) is 0 Å². The third-order valence-corrected chi connectivity index (χ3v) is 4.28. The van der Waals surface area contributed by atoms with Gasteiger partial charge >= 0.3 is 0 Å². The smallest absolute Gasteiger partial charge is 0.0749 e. The SMILES string of the molecule is OC(C=CCN1CCCCC1)C1CCCCC1. The highest BCUT2D eigenvalue weighted by Crippen LogP contribution is 2.26. The molecule has 0 spiro atoms. The van der Waals surface area contributed by atoms with Crippen LogP contribution in [0.4, 0.5) is 0 Å². The first-order valence-corrected chi connectivity index (χ1v) is 7.43. The van der Waals surface area contributed by atoms with Gasteiger partial charge in [0.05, 0.1) is 6.10 Å². The van der Waals surface area contributed by atoms with Crippen LogP contribution in [0.2, 0.25) is 0 Å². The molecule has 1 saturated carbocycles. The highest BCUT2D eigenvalue weighted by molar-refractivity contribution is 4.94. The van der Waals surface area contributed by atoms with E-state index in [9.17, 15) is 5.11 Å². The van der Waals surface area contributed by atoms with Gasteiger partial charge in [-0.3, -0.25) is 4.90 Å². The molecule has 17 heavy (non-hydrogen) atoms. The third kappa shape index (κ3) is 4.44. The molecule has 0 aromatic carbocycles. The number of aliphatic hydroxyl groups is 1. The molecule has 98 valence electrons. The zero-order chi connectivity index (χ0) is 11.9. The molecular formula is C15H27NO. The lowest BCUT2D eigenvalue weighted by atomic mass is 9.85. The number of piperidine rings is 1. The highest BCUT2D eigenvalue weighted by atomic mass is 16.3. The molecule has 1 aliphatic heterocycles. The van der Waals surface area contributed by atoms with Crippen LogP contribution >= 0.6 is 0 Å². The van der Waals surface area contributed by atoms with E-state index in [2.05, 4.69) is 11.0 Å². The molecule has 1 unspecified atom stereocenters. The molecule has 0 amide bonds. The Hall–Kier alpha value is -0.340. The molecule has 1 aliphatic carbocycles. The molecule has 2 heteroatoms. The maximum Gasteiger partial charge on any atom is 0.0749 e. The summed E-state index contributed by atoms with van der Waals surface area (Å²) in [5, 5.41) is 10.1. The number of likely N-dealkylation sites (tertiary alicyclic amines) is 1. The van der Waals surface area contributed by atoms with E-state index in [1.54, 1.807) is 0 Å². The maximum atomic E-state index is 10.1. The van der Waals surface area contributed by atoms with Gasteiger partial charge in [0.2, 0.25) is 0 Å². The Kier molecular flexibility index (Phi) is 5.53. The molecule has 2 rings (SSSR count). The summed E-state index contributed by atoms with van der Waals surface area (Å²) in [6, 6.07) is 0. The van der Waals surface area contributed by atoms with Crippen LogP contribution in [0.15, 0.2) is 12.2 Å². The van der Waals surface area contributed by atoms with Crippen LogP contribution in [0.5, 0.6) is 0 Å². The molecule has 0 aromatic heterocycles. The van der Waals surface area contributed by atoms with Crippen molar-refractivity contribution in [2.24, 2.45) is 5.92 Å². The van der Waals surface area contributed by atoms with Gasteiger partial charge in [0.15, 0.2) is 0 Å².